The Hall–Kier alpha value is -5.50. The lowest BCUT2D eigenvalue weighted by atomic mass is 10.1. The number of methoxy groups -OCH3 is 1. The fraction of sp³-hybridized carbons (Fsp3) is 0.0286. The van der Waals surface area contributed by atoms with Gasteiger partial charge in [0.1, 0.15) is 5.75 Å². The van der Waals surface area contributed by atoms with Gasteiger partial charge in [-0.2, -0.15) is 8.42 Å². The number of hydrogen-bond acceptors (Lipinski definition) is 10. The third kappa shape index (κ3) is 8.49. The zero-order valence-electron chi connectivity index (χ0n) is 27.6. The standard InChI is InChI=1S/C35H27ClN4O10S4/c1-50-34(42)31-18-26(9-12-32(31)36)40-52(43,44)27-10-6-20-5-7-23(13-21(20)15-27)37-35(51)38-24-8-11-30-22(14-24)16-29(19-33(30)41)53(45,46)39-25-3-2-4-28(17-25)54(47,48)49/h2-19,39-41H,1H3,(H2,37,38,51)(H,47,48,49). The lowest BCUT2D eigenvalue weighted by Gasteiger charge is -2.14. The maximum absolute atomic E-state index is 13.3. The average molecular weight is 827 g/mol. The van der Waals surface area contributed by atoms with Crippen molar-refractivity contribution >= 4 is 109 Å². The van der Waals surface area contributed by atoms with E-state index in [0.717, 1.165) is 23.6 Å². The van der Waals surface area contributed by atoms with Crippen molar-refractivity contribution in [1.82, 2.24) is 0 Å². The van der Waals surface area contributed by atoms with E-state index in [9.17, 15) is 39.7 Å². The number of rotatable bonds is 10. The highest BCUT2D eigenvalue weighted by Gasteiger charge is 2.20. The fourth-order valence-corrected chi connectivity index (χ4v) is 8.47. The molecule has 0 aliphatic heterocycles. The third-order valence-corrected chi connectivity index (χ3v) is 12.0. The molecular formula is C35H27ClN4O10S4. The van der Waals surface area contributed by atoms with Crippen molar-refractivity contribution in [2.75, 3.05) is 27.2 Å². The Morgan fingerprint density at radius 1 is 0.648 bits per heavy atom. The predicted octanol–water partition coefficient (Wildman–Crippen LogP) is 6.80. The molecule has 0 aliphatic carbocycles. The number of thiocarbonyl (C=S) groups is 1. The lowest BCUT2D eigenvalue weighted by molar-refractivity contribution is 0.0601. The van der Waals surface area contributed by atoms with Gasteiger partial charge in [0, 0.05) is 28.5 Å². The van der Waals surface area contributed by atoms with Gasteiger partial charge < -0.3 is 20.5 Å². The molecule has 0 fully saturated rings. The summed E-state index contributed by atoms with van der Waals surface area (Å²) in [6.45, 7) is 0. The number of fused-ring (bicyclic) bond motifs is 2. The summed E-state index contributed by atoms with van der Waals surface area (Å²) in [5.74, 6) is -1.06. The number of phenols is 1. The van der Waals surface area contributed by atoms with Crippen LogP contribution in [0.4, 0.5) is 22.7 Å². The van der Waals surface area contributed by atoms with Crippen LogP contribution in [0.2, 0.25) is 5.02 Å². The summed E-state index contributed by atoms with van der Waals surface area (Å²) < 4.78 is 94.6. The number of ether oxygens (including phenoxy) is 1. The normalized spacial score (nSPS) is 11.9. The van der Waals surface area contributed by atoms with Crippen LogP contribution in [0, 0.1) is 0 Å². The molecule has 14 nitrogen and oxygen atoms in total. The van der Waals surface area contributed by atoms with Crippen LogP contribution in [0.25, 0.3) is 21.5 Å². The molecule has 0 heterocycles. The molecule has 0 aromatic heterocycles. The number of benzene rings is 6. The van der Waals surface area contributed by atoms with E-state index in [0.29, 0.717) is 27.5 Å². The van der Waals surface area contributed by atoms with Crippen molar-refractivity contribution in [1.29, 1.82) is 0 Å². The molecular weight excluding hydrogens is 800 g/mol. The Morgan fingerprint density at radius 2 is 1.24 bits per heavy atom. The number of nitrogens with one attached hydrogen (secondary N) is 4. The molecule has 0 radical (unpaired) electrons. The SMILES string of the molecule is COC(=O)c1cc(NS(=O)(=O)c2ccc3ccc(NC(=S)Nc4ccc5c(O)cc(S(=O)(=O)Nc6cccc(S(=O)(=O)O)c6)cc5c4)cc3c2)ccc1Cl. The predicted molar refractivity (Wildman–Crippen MR) is 210 cm³/mol. The zero-order valence-corrected chi connectivity index (χ0v) is 31.6. The van der Waals surface area contributed by atoms with Crippen molar-refractivity contribution in [3.05, 3.63) is 120 Å². The molecule has 0 unspecified atom stereocenters. The van der Waals surface area contributed by atoms with Crippen LogP contribution in [0.3, 0.4) is 0 Å². The number of carbonyl (C=O) groups excluding carboxylic acids is 1. The smallest absolute Gasteiger partial charge is 0.339 e. The van der Waals surface area contributed by atoms with Crippen LogP contribution in [0.1, 0.15) is 10.4 Å². The van der Waals surface area contributed by atoms with Gasteiger partial charge in [-0.05, 0) is 113 Å². The molecule has 54 heavy (non-hydrogen) atoms. The molecule has 0 spiro atoms. The first kappa shape index (κ1) is 38.2. The zero-order chi connectivity index (χ0) is 39.0. The monoisotopic (exact) mass is 826 g/mol. The number of halogens is 1. The fourth-order valence-electron chi connectivity index (χ4n) is 5.32. The number of anilines is 4. The van der Waals surface area contributed by atoms with Gasteiger partial charge in [-0.3, -0.25) is 14.0 Å². The Bertz CT molecular complexity index is 2850. The summed E-state index contributed by atoms with van der Waals surface area (Å²) in [6.07, 6.45) is 0. The van der Waals surface area contributed by atoms with Gasteiger partial charge in [0.2, 0.25) is 0 Å². The maximum Gasteiger partial charge on any atom is 0.339 e. The summed E-state index contributed by atoms with van der Waals surface area (Å²) in [5, 5.41) is 18.9. The van der Waals surface area contributed by atoms with Crippen LogP contribution in [0.15, 0.2) is 124 Å². The van der Waals surface area contributed by atoms with Gasteiger partial charge in [0.15, 0.2) is 5.11 Å². The van der Waals surface area contributed by atoms with Crippen molar-refractivity contribution < 1.29 is 44.4 Å². The van der Waals surface area contributed by atoms with Gasteiger partial charge in [0.05, 0.1) is 38.1 Å². The van der Waals surface area contributed by atoms with Crippen LogP contribution in [0.5, 0.6) is 5.75 Å². The van der Waals surface area contributed by atoms with Gasteiger partial charge in [-0.25, -0.2) is 21.6 Å². The molecule has 0 bridgehead atoms. The Balaban J connectivity index is 1.19. The summed E-state index contributed by atoms with van der Waals surface area (Å²) in [7, 11) is -11.8. The Labute approximate surface area is 319 Å². The van der Waals surface area contributed by atoms with Crippen LogP contribution in [-0.4, -0.2) is 53.1 Å². The highest BCUT2D eigenvalue weighted by Crippen LogP contribution is 2.32. The molecule has 6 N–H and O–H groups in total. The quantitative estimate of drug-likeness (QED) is 0.0477. The third-order valence-electron chi connectivity index (χ3n) is 7.86. The first-order chi connectivity index (χ1) is 25.4. The lowest BCUT2D eigenvalue weighted by Crippen LogP contribution is -2.19. The Kier molecular flexibility index (Phi) is 10.4. The molecule has 6 aromatic carbocycles. The number of aromatic hydroxyl groups is 1. The highest BCUT2D eigenvalue weighted by molar-refractivity contribution is 7.93. The minimum Gasteiger partial charge on any atom is -0.507 e. The van der Waals surface area contributed by atoms with Crippen molar-refractivity contribution in [3.63, 3.8) is 0 Å². The molecule has 6 aromatic rings. The summed E-state index contributed by atoms with van der Waals surface area (Å²) >= 11 is 11.6. The largest absolute Gasteiger partial charge is 0.507 e. The van der Waals surface area contributed by atoms with E-state index >= 15 is 0 Å². The molecule has 278 valence electrons. The second-order valence-corrected chi connectivity index (χ2v) is 17.2. The first-order valence-corrected chi connectivity index (χ1v) is 20.5. The van der Waals surface area contributed by atoms with Gasteiger partial charge in [-0.15, -0.1) is 0 Å². The van der Waals surface area contributed by atoms with Crippen molar-refractivity contribution in [2.45, 2.75) is 14.7 Å². The molecule has 0 saturated carbocycles. The minimum atomic E-state index is -4.58. The number of esters is 1. The number of phenolic OH excluding ortho intramolecular Hbond substituents is 1. The van der Waals surface area contributed by atoms with E-state index in [1.165, 1.54) is 55.6 Å². The number of sulfonamides is 2. The van der Waals surface area contributed by atoms with Gasteiger partial charge in [-0.1, -0.05) is 29.8 Å². The van der Waals surface area contributed by atoms with Crippen molar-refractivity contribution in [3.8, 4) is 5.75 Å². The van der Waals surface area contributed by atoms with Crippen LogP contribution >= 0.6 is 23.8 Å². The van der Waals surface area contributed by atoms with Gasteiger partial charge >= 0.3 is 5.97 Å². The van der Waals surface area contributed by atoms with Crippen LogP contribution in [-0.2, 0) is 34.9 Å². The molecule has 0 aliphatic rings. The van der Waals surface area contributed by atoms with Gasteiger partial charge in [0.25, 0.3) is 30.2 Å². The number of carbonyl (C=O) groups is 1. The molecule has 0 saturated heterocycles. The molecule has 6 rings (SSSR count). The van der Waals surface area contributed by atoms with E-state index in [2.05, 4.69) is 20.1 Å². The topological polar surface area (TPSA) is 217 Å². The van der Waals surface area contributed by atoms with Crippen molar-refractivity contribution in [2.24, 2.45) is 0 Å². The summed E-state index contributed by atoms with van der Waals surface area (Å²) in [6, 6.07) is 25.5. The molecule has 19 heteroatoms. The van der Waals surface area contributed by atoms with E-state index in [1.54, 1.807) is 42.5 Å². The second kappa shape index (κ2) is 14.7. The summed E-state index contributed by atoms with van der Waals surface area (Å²) in [5.41, 5.74) is 0.914. The van der Waals surface area contributed by atoms with E-state index in [1.807, 2.05) is 0 Å². The Morgan fingerprint density at radius 3 is 1.93 bits per heavy atom. The second-order valence-electron chi connectivity index (χ2n) is 11.6. The van der Waals surface area contributed by atoms with Crippen LogP contribution < -0.4 is 20.1 Å². The highest BCUT2D eigenvalue weighted by atomic mass is 35.5. The summed E-state index contributed by atoms with van der Waals surface area (Å²) in [4.78, 5) is 11.1. The van der Waals surface area contributed by atoms with E-state index in [-0.39, 0.29) is 42.6 Å². The molecule has 0 amide bonds. The van der Waals surface area contributed by atoms with E-state index in [4.69, 9.17) is 28.6 Å². The first-order valence-electron chi connectivity index (χ1n) is 15.3. The average Bonchev–Trinajstić information content (AvgIpc) is 3.11. The minimum absolute atomic E-state index is 0.00462. The number of hydrogen-bond donors (Lipinski definition) is 6. The van der Waals surface area contributed by atoms with E-state index < -0.39 is 41.0 Å². The molecule has 0 atom stereocenters. The maximum atomic E-state index is 13.3.